The minimum Gasteiger partial charge on any atom is -0.359 e. The summed E-state index contributed by atoms with van der Waals surface area (Å²) in [4.78, 5) is 3.08. The second-order valence-electron chi connectivity index (χ2n) is 4.09. The average Bonchev–Trinajstić information content (AvgIpc) is 3.09. The van der Waals surface area contributed by atoms with Gasteiger partial charge in [-0.15, -0.1) is 0 Å². The highest BCUT2D eigenvalue weighted by atomic mass is 32.2. The monoisotopic (exact) mass is 251 g/mol. The number of anilines is 1. The highest BCUT2D eigenvalue weighted by Gasteiger charge is 2.36. The van der Waals surface area contributed by atoms with E-state index < -0.39 is 10.2 Å². The van der Waals surface area contributed by atoms with E-state index in [-0.39, 0.29) is 0 Å². The Kier molecular flexibility index (Phi) is 2.17. The Balaban J connectivity index is 2.09. The van der Waals surface area contributed by atoms with E-state index in [4.69, 9.17) is 0 Å². The molecule has 2 heterocycles. The first-order valence-electron chi connectivity index (χ1n) is 5.41. The molecular weight excluding hydrogens is 238 g/mol. The predicted octanol–water partition coefficient (Wildman–Crippen LogP) is 1.16. The first kappa shape index (κ1) is 10.6. The van der Waals surface area contributed by atoms with Gasteiger partial charge in [-0.25, -0.2) is 0 Å². The molecule has 1 saturated heterocycles. The number of aromatic amines is 1. The van der Waals surface area contributed by atoms with Gasteiger partial charge >= 0.3 is 10.2 Å². The van der Waals surface area contributed by atoms with Gasteiger partial charge in [0.1, 0.15) is 0 Å². The molecule has 3 rings (SSSR count). The average molecular weight is 251 g/mol. The van der Waals surface area contributed by atoms with Crippen molar-refractivity contribution >= 4 is 26.8 Å². The molecule has 1 aliphatic heterocycles. The number of benzene rings is 1. The zero-order valence-electron chi connectivity index (χ0n) is 9.42. The quantitative estimate of drug-likeness (QED) is 0.832. The smallest absolute Gasteiger partial charge is 0.303 e. The van der Waals surface area contributed by atoms with Crippen molar-refractivity contribution < 1.29 is 8.42 Å². The minimum atomic E-state index is -3.33. The highest BCUT2D eigenvalue weighted by Crippen LogP contribution is 2.29. The van der Waals surface area contributed by atoms with Gasteiger partial charge < -0.3 is 4.98 Å². The molecule has 1 N–H and O–H groups in total. The van der Waals surface area contributed by atoms with Crippen LogP contribution in [0.3, 0.4) is 0 Å². The third-order valence-corrected chi connectivity index (χ3v) is 4.89. The molecule has 0 radical (unpaired) electrons. The van der Waals surface area contributed by atoms with Gasteiger partial charge in [0.2, 0.25) is 0 Å². The summed E-state index contributed by atoms with van der Waals surface area (Å²) in [6.07, 6.45) is 1.73. The number of fused-ring (bicyclic) bond motifs is 1. The van der Waals surface area contributed by atoms with Crippen molar-refractivity contribution in [3.63, 3.8) is 0 Å². The molecule has 0 unspecified atom stereocenters. The molecule has 0 spiro atoms. The van der Waals surface area contributed by atoms with Crippen molar-refractivity contribution in [1.29, 1.82) is 0 Å². The van der Waals surface area contributed by atoms with Crippen molar-refractivity contribution in [1.82, 2.24) is 9.29 Å². The zero-order chi connectivity index (χ0) is 12.0. The van der Waals surface area contributed by atoms with Crippen LogP contribution in [0.2, 0.25) is 0 Å². The van der Waals surface area contributed by atoms with E-state index in [0.29, 0.717) is 18.8 Å². The SMILES string of the molecule is CN(c1c[nH]c2ccccc12)S(=O)(=O)N1CC1. The van der Waals surface area contributed by atoms with Crippen LogP contribution < -0.4 is 4.31 Å². The van der Waals surface area contributed by atoms with Gasteiger partial charge in [0.05, 0.1) is 5.69 Å². The Morgan fingerprint density at radius 2 is 2.00 bits per heavy atom. The number of hydrogen-bond acceptors (Lipinski definition) is 2. The van der Waals surface area contributed by atoms with Crippen LogP contribution in [0.15, 0.2) is 30.5 Å². The van der Waals surface area contributed by atoms with Crippen LogP contribution in [0, 0.1) is 0 Å². The first-order chi connectivity index (χ1) is 8.10. The molecular formula is C11H13N3O2S. The lowest BCUT2D eigenvalue weighted by molar-refractivity contribution is 0.561. The summed E-state index contributed by atoms with van der Waals surface area (Å²) in [6, 6.07) is 7.66. The fourth-order valence-electron chi connectivity index (χ4n) is 1.89. The summed E-state index contributed by atoms with van der Waals surface area (Å²) in [5.41, 5.74) is 1.63. The third kappa shape index (κ3) is 1.60. The summed E-state index contributed by atoms with van der Waals surface area (Å²) >= 11 is 0. The van der Waals surface area contributed by atoms with Gasteiger partial charge in [0.25, 0.3) is 0 Å². The van der Waals surface area contributed by atoms with E-state index >= 15 is 0 Å². The number of nitrogens with one attached hydrogen (secondary N) is 1. The number of H-pyrrole nitrogens is 1. The lowest BCUT2D eigenvalue weighted by atomic mass is 10.2. The van der Waals surface area contributed by atoms with Gasteiger partial charge in [-0.1, -0.05) is 18.2 Å². The Labute approximate surface area is 99.8 Å². The molecule has 0 aliphatic carbocycles. The number of hydrogen-bond donors (Lipinski definition) is 1. The number of nitrogens with zero attached hydrogens (tertiary/aromatic N) is 2. The Hall–Kier alpha value is -1.53. The van der Waals surface area contributed by atoms with Crippen LogP contribution in [0.1, 0.15) is 0 Å². The summed E-state index contributed by atoms with van der Waals surface area (Å²) in [5.74, 6) is 0. The fraction of sp³-hybridized carbons (Fsp3) is 0.273. The second-order valence-corrected chi connectivity index (χ2v) is 6.05. The van der Waals surface area contributed by atoms with Gasteiger partial charge in [0, 0.05) is 37.2 Å². The minimum absolute atomic E-state index is 0.620. The van der Waals surface area contributed by atoms with Crippen molar-refractivity contribution in [3.05, 3.63) is 30.5 Å². The summed E-state index contributed by atoms with van der Waals surface area (Å²) in [5, 5.41) is 0.917. The molecule has 1 aromatic heterocycles. The van der Waals surface area contributed by atoms with Crippen LogP contribution in [-0.4, -0.2) is 37.8 Å². The Bertz CT molecular complexity index is 658. The molecule has 0 bridgehead atoms. The molecule has 17 heavy (non-hydrogen) atoms. The molecule has 0 saturated carbocycles. The maximum Gasteiger partial charge on any atom is 0.303 e. The third-order valence-electron chi connectivity index (χ3n) is 2.99. The molecule has 1 aliphatic rings. The van der Waals surface area contributed by atoms with Crippen LogP contribution in [0.5, 0.6) is 0 Å². The zero-order valence-corrected chi connectivity index (χ0v) is 10.2. The molecule has 0 amide bonds. The van der Waals surface area contributed by atoms with E-state index in [0.717, 1.165) is 10.9 Å². The normalized spacial score (nSPS) is 16.3. The Morgan fingerprint density at radius 3 is 2.71 bits per heavy atom. The van der Waals surface area contributed by atoms with E-state index in [2.05, 4.69) is 4.98 Å². The fourth-order valence-corrected chi connectivity index (χ4v) is 3.17. The number of para-hydroxylation sites is 1. The van der Waals surface area contributed by atoms with E-state index in [9.17, 15) is 8.42 Å². The highest BCUT2D eigenvalue weighted by molar-refractivity contribution is 7.90. The molecule has 2 aromatic rings. The molecule has 0 atom stereocenters. The van der Waals surface area contributed by atoms with Crippen LogP contribution >= 0.6 is 0 Å². The lowest BCUT2D eigenvalue weighted by Gasteiger charge is -2.18. The molecule has 1 aromatic carbocycles. The molecule has 6 heteroatoms. The molecule has 5 nitrogen and oxygen atoms in total. The van der Waals surface area contributed by atoms with Crippen LogP contribution in [-0.2, 0) is 10.2 Å². The summed E-state index contributed by atoms with van der Waals surface area (Å²) in [7, 11) is -1.75. The number of rotatable bonds is 3. The second kappa shape index (κ2) is 3.48. The maximum absolute atomic E-state index is 12.1. The lowest BCUT2D eigenvalue weighted by Crippen LogP contribution is -2.31. The van der Waals surface area contributed by atoms with Gasteiger partial charge in [-0.2, -0.15) is 12.7 Å². The van der Waals surface area contributed by atoms with Crippen molar-refractivity contribution in [2.24, 2.45) is 0 Å². The van der Waals surface area contributed by atoms with Crippen molar-refractivity contribution in [3.8, 4) is 0 Å². The van der Waals surface area contributed by atoms with Gasteiger partial charge in [0.15, 0.2) is 0 Å². The Morgan fingerprint density at radius 1 is 1.29 bits per heavy atom. The topological polar surface area (TPSA) is 56.2 Å². The molecule has 90 valence electrons. The standard InChI is InChI=1S/C11H13N3O2S/c1-13(17(15,16)14-6-7-14)11-8-12-10-5-3-2-4-9(10)11/h2-5,8,12H,6-7H2,1H3. The van der Waals surface area contributed by atoms with Gasteiger partial charge in [-0.3, -0.25) is 4.31 Å². The largest absolute Gasteiger partial charge is 0.359 e. The first-order valence-corrected chi connectivity index (χ1v) is 6.80. The van der Waals surface area contributed by atoms with Crippen LogP contribution in [0.4, 0.5) is 5.69 Å². The van der Waals surface area contributed by atoms with Crippen molar-refractivity contribution in [2.45, 2.75) is 0 Å². The summed E-state index contributed by atoms with van der Waals surface area (Å²) < 4.78 is 26.9. The summed E-state index contributed by atoms with van der Waals surface area (Å²) in [6.45, 7) is 1.24. The van der Waals surface area contributed by atoms with Crippen molar-refractivity contribution in [2.75, 3.05) is 24.4 Å². The van der Waals surface area contributed by atoms with Gasteiger partial charge in [-0.05, 0) is 6.07 Å². The number of aromatic nitrogens is 1. The molecule has 1 fully saturated rings. The van der Waals surface area contributed by atoms with E-state index in [1.807, 2.05) is 24.3 Å². The van der Waals surface area contributed by atoms with E-state index in [1.54, 1.807) is 13.2 Å². The van der Waals surface area contributed by atoms with E-state index in [1.165, 1.54) is 8.61 Å². The maximum atomic E-state index is 12.1. The van der Waals surface area contributed by atoms with Crippen LogP contribution in [0.25, 0.3) is 10.9 Å². The predicted molar refractivity (Wildman–Crippen MR) is 67.2 cm³/mol.